The zero-order valence-electron chi connectivity index (χ0n) is 10.2. The molecule has 0 radical (unpaired) electrons. The van der Waals surface area contributed by atoms with Crippen LogP contribution in [0, 0.1) is 18.8 Å². The molecule has 2 heterocycles. The summed E-state index contributed by atoms with van der Waals surface area (Å²) in [7, 11) is 0. The van der Waals surface area contributed by atoms with Crippen LogP contribution in [0.25, 0.3) is 0 Å². The molecule has 2 rings (SSSR count). The number of hydrogen-bond acceptors (Lipinski definition) is 6. The number of hydrogen-bond donors (Lipinski definition) is 2. The number of nitrogens with two attached hydrogens (primary N) is 1. The van der Waals surface area contributed by atoms with Gasteiger partial charge in [0.05, 0.1) is 17.7 Å². The number of pyridine rings is 1. The van der Waals surface area contributed by atoms with E-state index in [4.69, 9.17) is 10.2 Å². The first-order chi connectivity index (χ1) is 9.20. The van der Waals surface area contributed by atoms with Gasteiger partial charge in [0.25, 0.3) is 5.91 Å². The van der Waals surface area contributed by atoms with Crippen LogP contribution in [0.4, 0.5) is 6.01 Å². The Bertz CT molecular complexity index is 653. The Balaban J connectivity index is 2.23. The number of carbonyl (C=O) groups excluding carboxylic acids is 1. The van der Waals surface area contributed by atoms with Gasteiger partial charge in [-0.05, 0) is 6.07 Å². The maximum absolute atomic E-state index is 12.0. The number of nitrogens with zero attached hydrogens (tertiary/aromatic N) is 3. The summed E-state index contributed by atoms with van der Waals surface area (Å²) < 4.78 is 5.07. The summed E-state index contributed by atoms with van der Waals surface area (Å²) in [6.45, 7) is 1.84. The van der Waals surface area contributed by atoms with Crippen molar-refractivity contribution in [1.82, 2.24) is 15.2 Å². The van der Waals surface area contributed by atoms with Crippen LogP contribution in [0.15, 0.2) is 22.9 Å². The fraction of sp³-hybridized carbons (Fsp3) is 0.167. The summed E-state index contributed by atoms with van der Waals surface area (Å²) in [6.07, 6.45) is 3.00. The molecule has 3 N–H and O–H groups in total. The fourth-order valence-electron chi connectivity index (χ4n) is 1.35. The minimum atomic E-state index is -0.396. The van der Waals surface area contributed by atoms with Crippen LogP contribution < -0.4 is 11.1 Å². The molecular weight excluding hydrogens is 246 g/mol. The average Bonchev–Trinajstić information content (AvgIpc) is 2.82. The fourth-order valence-corrected chi connectivity index (χ4v) is 1.35. The van der Waals surface area contributed by atoms with Gasteiger partial charge in [-0.1, -0.05) is 16.9 Å². The quantitative estimate of drug-likeness (QED) is 0.751. The number of nitrogens with one attached hydrogen (secondary N) is 1. The standard InChI is InChI=1S/C12H11N5O2/c1-8-16-17-12(19-8)15-11(18)10-4-6-14-7-9(10)3-2-5-13/h4,6-7H,5,13H2,1H3,(H,15,17,18). The molecule has 0 saturated carbocycles. The molecule has 0 spiro atoms. The second-order valence-electron chi connectivity index (χ2n) is 3.51. The summed E-state index contributed by atoms with van der Waals surface area (Å²) in [5.74, 6) is 5.43. The van der Waals surface area contributed by atoms with Gasteiger partial charge in [0, 0.05) is 19.3 Å². The van der Waals surface area contributed by atoms with Crippen LogP contribution in [-0.4, -0.2) is 27.6 Å². The number of rotatable bonds is 2. The highest BCUT2D eigenvalue weighted by Crippen LogP contribution is 2.10. The van der Waals surface area contributed by atoms with Gasteiger partial charge in [-0.3, -0.25) is 15.1 Å². The lowest BCUT2D eigenvalue weighted by Crippen LogP contribution is -2.14. The molecule has 0 aromatic carbocycles. The van der Waals surface area contributed by atoms with Crippen LogP contribution >= 0.6 is 0 Å². The van der Waals surface area contributed by atoms with Crippen LogP contribution in [0.5, 0.6) is 0 Å². The second kappa shape index (κ2) is 5.75. The maximum atomic E-state index is 12.0. The zero-order valence-corrected chi connectivity index (χ0v) is 10.2. The Morgan fingerprint density at radius 1 is 1.53 bits per heavy atom. The molecule has 0 unspecified atom stereocenters. The number of aryl methyl sites for hydroxylation is 1. The van der Waals surface area contributed by atoms with Crippen molar-refractivity contribution in [3.05, 3.63) is 35.5 Å². The van der Waals surface area contributed by atoms with E-state index in [1.54, 1.807) is 13.0 Å². The molecule has 0 aliphatic carbocycles. The molecule has 2 aromatic heterocycles. The van der Waals surface area contributed by atoms with Crippen molar-refractivity contribution in [3.63, 3.8) is 0 Å². The van der Waals surface area contributed by atoms with E-state index in [-0.39, 0.29) is 12.6 Å². The molecule has 7 nitrogen and oxygen atoms in total. The van der Waals surface area contributed by atoms with E-state index < -0.39 is 5.91 Å². The van der Waals surface area contributed by atoms with E-state index in [0.29, 0.717) is 17.0 Å². The van der Waals surface area contributed by atoms with Gasteiger partial charge in [-0.2, -0.15) is 0 Å². The highest BCUT2D eigenvalue weighted by Gasteiger charge is 2.13. The molecule has 0 aliphatic rings. The van der Waals surface area contributed by atoms with Crippen molar-refractivity contribution in [2.24, 2.45) is 5.73 Å². The van der Waals surface area contributed by atoms with E-state index >= 15 is 0 Å². The first-order valence-corrected chi connectivity index (χ1v) is 5.45. The molecule has 19 heavy (non-hydrogen) atoms. The molecule has 0 bridgehead atoms. The Morgan fingerprint density at radius 3 is 3.05 bits per heavy atom. The third kappa shape index (κ3) is 3.14. The minimum Gasteiger partial charge on any atom is -0.408 e. The normalized spacial score (nSPS) is 9.58. The number of anilines is 1. The maximum Gasteiger partial charge on any atom is 0.322 e. The number of amides is 1. The van der Waals surface area contributed by atoms with Crippen LogP contribution in [0.3, 0.4) is 0 Å². The van der Waals surface area contributed by atoms with Crippen LogP contribution in [0.1, 0.15) is 21.8 Å². The Hall–Kier alpha value is -2.72. The summed E-state index contributed by atoms with van der Waals surface area (Å²) >= 11 is 0. The second-order valence-corrected chi connectivity index (χ2v) is 3.51. The molecule has 0 aliphatic heterocycles. The highest BCUT2D eigenvalue weighted by molar-refractivity contribution is 6.04. The molecule has 0 fully saturated rings. The highest BCUT2D eigenvalue weighted by atomic mass is 16.4. The molecule has 7 heteroatoms. The van der Waals surface area contributed by atoms with Crippen molar-refractivity contribution in [3.8, 4) is 11.8 Å². The molecule has 96 valence electrons. The minimum absolute atomic E-state index is 0.0389. The Labute approximate surface area is 109 Å². The monoisotopic (exact) mass is 257 g/mol. The van der Waals surface area contributed by atoms with Gasteiger partial charge in [-0.15, -0.1) is 5.10 Å². The third-order valence-corrected chi connectivity index (χ3v) is 2.14. The first kappa shape index (κ1) is 12.7. The largest absolute Gasteiger partial charge is 0.408 e. The van der Waals surface area contributed by atoms with Crippen LogP contribution in [-0.2, 0) is 0 Å². The Kier molecular flexibility index (Phi) is 3.85. The van der Waals surface area contributed by atoms with Gasteiger partial charge in [0.15, 0.2) is 0 Å². The lowest BCUT2D eigenvalue weighted by molar-refractivity contribution is 0.102. The van der Waals surface area contributed by atoms with Crippen molar-refractivity contribution >= 4 is 11.9 Å². The number of aromatic nitrogens is 3. The predicted octanol–water partition coefficient (Wildman–Crippen LogP) is 0.336. The topological polar surface area (TPSA) is 107 Å². The van der Waals surface area contributed by atoms with Crippen molar-refractivity contribution in [2.45, 2.75) is 6.92 Å². The van der Waals surface area contributed by atoms with E-state index in [9.17, 15) is 4.79 Å². The predicted molar refractivity (Wildman–Crippen MR) is 67.2 cm³/mol. The molecule has 2 aromatic rings. The van der Waals surface area contributed by atoms with Crippen molar-refractivity contribution < 1.29 is 9.21 Å². The lowest BCUT2D eigenvalue weighted by Gasteiger charge is -2.02. The average molecular weight is 257 g/mol. The molecule has 1 amide bonds. The van der Waals surface area contributed by atoms with Crippen molar-refractivity contribution in [1.29, 1.82) is 0 Å². The van der Waals surface area contributed by atoms with Gasteiger partial charge in [0.2, 0.25) is 5.89 Å². The van der Waals surface area contributed by atoms with Gasteiger partial charge in [0.1, 0.15) is 0 Å². The SMILES string of the molecule is Cc1nnc(NC(=O)c2ccncc2C#CCN)o1. The molecular formula is C12H11N5O2. The van der Waals surface area contributed by atoms with E-state index in [2.05, 4.69) is 32.3 Å². The summed E-state index contributed by atoms with van der Waals surface area (Å²) in [5.41, 5.74) is 6.16. The smallest absolute Gasteiger partial charge is 0.322 e. The van der Waals surface area contributed by atoms with Gasteiger partial charge >= 0.3 is 6.01 Å². The van der Waals surface area contributed by atoms with Gasteiger partial charge in [-0.25, -0.2) is 0 Å². The Morgan fingerprint density at radius 2 is 2.37 bits per heavy atom. The summed E-state index contributed by atoms with van der Waals surface area (Å²) in [4.78, 5) is 16.0. The molecule has 0 atom stereocenters. The number of carbonyl (C=O) groups is 1. The van der Waals surface area contributed by atoms with E-state index in [1.807, 2.05) is 0 Å². The first-order valence-electron chi connectivity index (χ1n) is 5.45. The van der Waals surface area contributed by atoms with E-state index in [1.165, 1.54) is 12.4 Å². The summed E-state index contributed by atoms with van der Waals surface area (Å²) in [5, 5.41) is 9.79. The van der Waals surface area contributed by atoms with E-state index in [0.717, 1.165) is 0 Å². The third-order valence-electron chi connectivity index (χ3n) is 2.14. The van der Waals surface area contributed by atoms with Crippen molar-refractivity contribution in [2.75, 3.05) is 11.9 Å². The van der Waals surface area contributed by atoms with Crippen LogP contribution in [0.2, 0.25) is 0 Å². The van der Waals surface area contributed by atoms with Gasteiger partial charge < -0.3 is 10.2 Å². The summed E-state index contributed by atoms with van der Waals surface area (Å²) in [6, 6.07) is 1.59. The zero-order chi connectivity index (χ0) is 13.7. The molecule has 0 saturated heterocycles. The lowest BCUT2D eigenvalue weighted by atomic mass is 10.1.